The van der Waals surface area contributed by atoms with Crippen LogP contribution in [0, 0.1) is 11.6 Å². The molecule has 0 saturated heterocycles. The molecule has 0 saturated carbocycles. The SMILES string of the molecule is Fc1ccc(COc2ccc(Cl)cc2CNCCc2ccccc2F)c(Cl)c1. The first-order chi connectivity index (χ1) is 13.5. The third kappa shape index (κ3) is 5.68. The quantitative estimate of drug-likeness (QED) is 0.438. The molecule has 0 heterocycles. The Morgan fingerprint density at radius 2 is 1.68 bits per heavy atom. The summed E-state index contributed by atoms with van der Waals surface area (Å²) in [6.07, 6.45) is 0.578. The highest BCUT2D eigenvalue weighted by molar-refractivity contribution is 6.31. The fourth-order valence-corrected chi connectivity index (χ4v) is 3.18. The van der Waals surface area contributed by atoms with Crippen molar-refractivity contribution in [1.29, 1.82) is 0 Å². The highest BCUT2D eigenvalue weighted by Gasteiger charge is 2.08. The lowest BCUT2D eigenvalue weighted by atomic mass is 10.1. The molecule has 0 radical (unpaired) electrons. The molecule has 3 aromatic carbocycles. The molecule has 0 aliphatic rings. The van der Waals surface area contributed by atoms with E-state index in [1.165, 1.54) is 18.2 Å². The van der Waals surface area contributed by atoms with Crippen LogP contribution in [0.1, 0.15) is 16.7 Å². The van der Waals surface area contributed by atoms with Gasteiger partial charge in [0.2, 0.25) is 0 Å². The average molecular weight is 422 g/mol. The summed E-state index contributed by atoms with van der Waals surface area (Å²) in [4.78, 5) is 0. The van der Waals surface area contributed by atoms with Crippen LogP contribution < -0.4 is 10.1 Å². The molecule has 6 heteroatoms. The Balaban J connectivity index is 1.59. The topological polar surface area (TPSA) is 21.3 Å². The Labute approximate surface area is 173 Å². The molecule has 0 aliphatic heterocycles. The molecule has 2 nitrogen and oxygen atoms in total. The molecule has 3 rings (SSSR count). The van der Waals surface area contributed by atoms with Crippen molar-refractivity contribution in [1.82, 2.24) is 5.32 Å². The van der Waals surface area contributed by atoms with E-state index >= 15 is 0 Å². The number of rotatable bonds is 8. The van der Waals surface area contributed by atoms with E-state index in [4.69, 9.17) is 27.9 Å². The van der Waals surface area contributed by atoms with Crippen LogP contribution in [0.25, 0.3) is 0 Å². The van der Waals surface area contributed by atoms with Gasteiger partial charge in [-0.25, -0.2) is 8.78 Å². The predicted molar refractivity (Wildman–Crippen MR) is 109 cm³/mol. The van der Waals surface area contributed by atoms with Gasteiger partial charge in [-0.2, -0.15) is 0 Å². The molecule has 28 heavy (non-hydrogen) atoms. The molecule has 0 atom stereocenters. The molecule has 0 fully saturated rings. The van der Waals surface area contributed by atoms with Crippen molar-refractivity contribution in [2.75, 3.05) is 6.54 Å². The Bertz CT molecular complexity index is 950. The molecule has 0 aromatic heterocycles. The van der Waals surface area contributed by atoms with Crippen LogP contribution in [0.4, 0.5) is 8.78 Å². The summed E-state index contributed by atoms with van der Waals surface area (Å²) in [5, 5.41) is 4.19. The Morgan fingerprint density at radius 3 is 2.46 bits per heavy atom. The van der Waals surface area contributed by atoms with Gasteiger partial charge in [-0.1, -0.05) is 47.5 Å². The minimum Gasteiger partial charge on any atom is -0.489 e. The second-order valence-corrected chi connectivity index (χ2v) is 7.14. The Kier molecular flexibility index (Phi) is 7.26. The van der Waals surface area contributed by atoms with Gasteiger partial charge in [-0.3, -0.25) is 0 Å². The molecule has 0 amide bonds. The van der Waals surface area contributed by atoms with Gasteiger partial charge >= 0.3 is 0 Å². The number of nitrogens with one attached hydrogen (secondary N) is 1. The molecule has 1 N–H and O–H groups in total. The summed E-state index contributed by atoms with van der Waals surface area (Å²) in [5.74, 6) is 0.0652. The molecule has 0 bridgehead atoms. The highest BCUT2D eigenvalue weighted by atomic mass is 35.5. The van der Waals surface area contributed by atoms with E-state index in [9.17, 15) is 8.78 Å². The van der Waals surface area contributed by atoms with Gasteiger partial charge in [-0.15, -0.1) is 0 Å². The Morgan fingerprint density at radius 1 is 0.857 bits per heavy atom. The number of hydrogen-bond donors (Lipinski definition) is 1. The number of benzene rings is 3. The highest BCUT2D eigenvalue weighted by Crippen LogP contribution is 2.25. The fraction of sp³-hybridized carbons (Fsp3) is 0.182. The molecule has 0 spiro atoms. The number of halogens is 4. The lowest BCUT2D eigenvalue weighted by Gasteiger charge is -2.14. The maximum Gasteiger partial charge on any atom is 0.126 e. The van der Waals surface area contributed by atoms with Crippen LogP contribution in [0.5, 0.6) is 5.75 Å². The van der Waals surface area contributed by atoms with Gasteiger partial charge in [0.15, 0.2) is 0 Å². The van der Waals surface area contributed by atoms with Crippen molar-refractivity contribution in [2.45, 2.75) is 19.6 Å². The van der Waals surface area contributed by atoms with E-state index in [0.29, 0.717) is 46.4 Å². The monoisotopic (exact) mass is 421 g/mol. The van der Waals surface area contributed by atoms with Crippen molar-refractivity contribution in [3.8, 4) is 5.75 Å². The van der Waals surface area contributed by atoms with Gasteiger partial charge in [0.05, 0.1) is 5.02 Å². The molecular weight excluding hydrogens is 403 g/mol. The lowest BCUT2D eigenvalue weighted by Crippen LogP contribution is -2.17. The van der Waals surface area contributed by atoms with E-state index in [-0.39, 0.29) is 18.2 Å². The van der Waals surface area contributed by atoms with Crippen molar-refractivity contribution < 1.29 is 13.5 Å². The first-order valence-corrected chi connectivity index (χ1v) is 9.58. The van der Waals surface area contributed by atoms with Crippen LogP contribution in [0.15, 0.2) is 60.7 Å². The van der Waals surface area contributed by atoms with E-state index in [1.807, 2.05) is 12.1 Å². The van der Waals surface area contributed by atoms with E-state index < -0.39 is 0 Å². The summed E-state index contributed by atoms with van der Waals surface area (Å²) in [6.45, 7) is 1.33. The third-order valence-electron chi connectivity index (χ3n) is 4.27. The van der Waals surface area contributed by atoms with E-state index in [2.05, 4.69) is 5.32 Å². The van der Waals surface area contributed by atoms with Gasteiger partial charge in [0.1, 0.15) is 24.0 Å². The first-order valence-electron chi connectivity index (χ1n) is 8.82. The second kappa shape index (κ2) is 9.87. The molecule has 3 aromatic rings. The van der Waals surface area contributed by atoms with Gasteiger partial charge < -0.3 is 10.1 Å². The summed E-state index contributed by atoms with van der Waals surface area (Å²) < 4.78 is 32.7. The zero-order chi connectivity index (χ0) is 19.9. The zero-order valence-electron chi connectivity index (χ0n) is 15.0. The predicted octanol–water partition coefficient (Wildman–Crippen LogP) is 6.18. The van der Waals surface area contributed by atoms with Crippen LogP contribution in [-0.2, 0) is 19.6 Å². The summed E-state index contributed by atoms with van der Waals surface area (Å²) in [6, 6.07) is 16.3. The summed E-state index contributed by atoms with van der Waals surface area (Å²) in [7, 11) is 0. The van der Waals surface area contributed by atoms with Crippen molar-refractivity contribution in [3.63, 3.8) is 0 Å². The number of hydrogen-bond acceptors (Lipinski definition) is 2. The van der Waals surface area contributed by atoms with E-state index in [0.717, 1.165) is 5.56 Å². The second-order valence-electron chi connectivity index (χ2n) is 6.29. The van der Waals surface area contributed by atoms with Crippen molar-refractivity contribution >= 4 is 23.2 Å². The minimum absolute atomic E-state index is 0.202. The molecule has 0 aliphatic carbocycles. The Hall–Kier alpha value is -2.14. The van der Waals surface area contributed by atoms with Crippen LogP contribution in [-0.4, -0.2) is 6.54 Å². The molecule has 146 valence electrons. The fourth-order valence-electron chi connectivity index (χ4n) is 2.77. The maximum absolute atomic E-state index is 13.7. The summed E-state index contributed by atoms with van der Waals surface area (Å²) in [5.41, 5.74) is 2.24. The van der Waals surface area contributed by atoms with E-state index in [1.54, 1.807) is 30.3 Å². The summed E-state index contributed by atoms with van der Waals surface area (Å²) >= 11 is 12.2. The largest absolute Gasteiger partial charge is 0.489 e. The van der Waals surface area contributed by atoms with Gasteiger partial charge in [-0.05, 0) is 54.9 Å². The molecular formula is C22H19Cl2F2NO. The first kappa shape index (κ1) is 20.6. The van der Waals surface area contributed by atoms with Crippen LogP contribution in [0.2, 0.25) is 10.0 Å². The van der Waals surface area contributed by atoms with Crippen LogP contribution in [0.3, 0.4) is 0 Å². The zero-order valence-corrected chi connectivity index (χ0v) is 16.5. The average Bonchev–Trinajstić information content (AvgIpc) is 2.67. The minimum atomic E-state index is -0.389. The molecule has 0 unspecified atom stereocenters. The lowest BCUT2D eigenvalue weighted by molar-refractivity contribution is 0.302. The number of ether oxygens (including phenoxy) is 1. The van der Waals surface area contributed by atoms with Gasteiger partial charge in [0.25, 0.3) is 0 Å². The standard InChI is InChI=1S/C22H19Cl2F2NO/c23-18-6-8-22(28-14-16-5-7-19(25)12-20(16)24)17(11-18)13-27-10-9-15-3-1-2-4-21(15)26/h1-8,11-12,27H,9-10,13-14H2. The van der Waals surface area contributed by atoms with Crippen LogP contribution >= 0.6 is 23.2 Å². The van der Waals surface area contributed by atoms with Gasteiger partial charge in [0, 0.05) is 22.7 Å². The smallest absolute Gasteiger partial charge is 0.126 e. The maximum atomic E-state index is 13.7. The van der Waals surface area contributed by atoms with Crippen molar-refractivity contribution in [2.24, 2.45) is 0 Å². The third-order valence-corrected chi connectivity index (χ3v) is 4.85. The normalized spacial score (nSPS) is 10.9. The van der Waals surface area contributed by atoms with Crippen molar-refractivity contribution in [3.05, 3.63) is 99.0 Å².